The Morgan fingerprint density at radius 2 is 1.94 bits per heavy atom. The second kappa shape index (κ2) is 5.60. The number of hydrogen-bond acceptors (Lipinski definition) is 3. The number of nitrogens with two attached hydrogens (primary N) is 1. The van der Waals surface area contributed by atoms with E-state index in [0.29, 0.717) is 11.4 Å². The van der Waals surface area contributed by atoms with Crippen molar-refractivity contribution in [3.05, 3.63) is 53.9 Å². The van der Waals surface area contributed by atoms with E-state index < -0.39 is 0 Å². The van der Waals surface area contributed by atoms with Crippen LogP contribution in [0.2, 0.25) is 0 Å². The summed E-state index contributed by atoms with van der Waals surface area (Å²) in [6, 6.07) is 11.5. The maximum atomic E-state index is 5.86. The first kappa shape index (κ1) is 12.5. The summed E-state index contributed by atoms with van der Waals surface area (Å²) >= 11 is 4.96. The van der Waals surface area contributed by atoms with Crippen LogP contribution < -0.4 is 10.5 Å². The molecular formula is C14H14N2OS. The van der Waals surface area contributed by atoms with Gasteiger partial charge in [0.1, 0.15) is 16.4 Å². The largest absolute Gasteiger partial charge is 0.455 e. The van der Waals surface area contributed by atoms with Crippen molar-refractivity contribution in [3.8, 4) is 11.5 Å². The van der Waals surface area contributed by atoms with E-state index >= 15 is 0 Å². The van der Waals surface area contributed by atoms with Gasteiger partial charge in [0.25, 0.3) is 0 Å². The van der Waals surface area contributed by atoms with Gasteiger partial charge in [0, 0.05) is 6.20 Å². The maximum absolute atomic E-state index is 5.86. The lowest BCUT2D eigenvalue weighted by molar-refractivity contribution is 0.473. The zero-order valence-corrected chi connectivity index (χ0v) is 10.9. The molecule has 4 heteroatoms. The van der Waals surface area contributed by atoms with Gasteiger partial charge in [-0.1, -0.05) is 37.3 Å². The first-order valence-corrected chi connectivity index (χ1v) is 6.13. The van der Waals surface area contributed by atoms with Crippen LogP contribution >= 0.6 is 12.2 Å². The van der Waals surface area contributed by atoms with E-state index in [9.17, 15) is 0 Å². The number of hydrogen-bond donors (Lipinski definition) is 1. The molecule has 0 aliphatic carbocycles. The van der Waals surface area contributed by atoms with Crippen LogP contribution in [0.5, 0.6) is 11.5 Å². The molecule has 1 aromatic heterocycles. The van der Waals surface area contributed by atoms with Gasteiger partial charge in [-0.05, 0) is 30.2 Å². The summed E-state index contributed by atoms with van der Waals surface area (Å²) in [6.07, 6.45) is 2.55. The van der Waals surface area contributed by atoms with E-state index in [1.54, 1.807) is 12.3 Å². The van der Waals surface area contributed by atoms with Crippen molar-refractivity contribution in [1.82, 2.24) is 4.98 Å². The lowest BCUT2D eigenvalue weighted by atomic mass is 10.1. The fraction of sp³-hybridized carbons (Fsp3) is 0.143. The number of ether oxygens (including phenoxy) is 1. The van der Waals surface area contributed by atoms with Crippen molar-refractivity contribution in [2.75, 3.05) is 0 Å². The third kappa shape index (κ3) is 2.65. The average molecular weight is 258 g/mol. The van der Waals surface area contributed by atoms with Crippen LogP contribution in [0.25, 0.3) is 0 Å². The summed E-state index contributed by atoms with van der Waals surface area (Å²) in [5.74, 6) is 1.40. The first-order valence-electron chi connectivity index (χ1n) is 5.73. The maximum Gasteiger partial charge on any atom is 0.156 e. The van der Waals surface area contributed by atoms with Gasteiger partial charge in [0.05, 0.1) is 0 Å². The fourth-order valence-electron chi connectivity index (χ4n) is 1.67. The monoisotopic (exact) mass is 258 g/mol. The zero-order chi connectivity index (χ0) is 13.0. The molecule has 0 saturated heterocycles. The Hall–Kier alpha value is -1.94. The van der Waals surface area contributed by atoms with Crippen LogP contribution in [-0.4, -0.2) is 9.97 Å². The van der Waals surface area contributed by atoms with E-state index in [1.807, 2.05) is 30.3 Å². The Bertz CT molecular complexity index is 569. The summed E-state index contributed by atoms with van der Waals surface area (Å²) in [5.41, 5.74) is 7.27. The number of thiocarbonyl (C=S) groups is 1. The predicted octanol–water partition coefficient (Wildman–Crippen LogP) is 3.07. The molecule has 0 atom stereocenters. The second-order valence-corrected chi connectivity index (χ2v) is 4.22. The highest BCUT2D eigenvalue weighted by molar-refractivity contribution is 7.80. The Balaban J connectivity index is 2.37. The van der Waals surface area contributed by atoms with Crippen molar-refractivity contribution in [1.29, 1.82) is 0 Å². The first-order chi connectivity index (χ1) is 8.72. The molecule has 0 fully saturated rings. The number of para-hydroxylation sites is 1. The summed E-state index contributed by atoms with van der Waals surface area (Å²) in [7, 11) is 0. The third-order valence-corrected chi connectivity index (χ3v) is 2.77. The molecule has 2 aromatic rings. The molecule has 0 radical (unpaired) electrons. The number of aromatic nitrogens is 1. The molecule has 1 heterocycles. The quantitative estimate of drug-likeness (QED) is 0.856. The van der Waals surface area contributed by atoms with Gasteiger partial charge in [-0.15, -0.1) is 0 Å². The molecule has 0 amide bonds. The smallest absolute Gasteiger partial charge is 0.156 e. The standard InChI is InChI=1S/C14H14N2OS/c1-2-10-6-3-4-7-11(10)17-12-8-5-9-16-13(12)14(15)18/h3-9H,2H2,1H3,(H2,15,18). The molecule has 0 aliphatic rings. The Labute approximate surface area is 112 Å². The Kier molecular flexibility index (Phi) is 3.89. The van der Waals surface area contributed by atoms with Gasteiger partial charge in [-0.3, -0.25) is 0 Å². The predicted molar refractivity (Wildman–Crippen MR) is 76.0 cm³/mol. The van der Waals surface area contributed by atoms with Crippen molar-refractivity contribution < 1.29 is 4.74 Å². The van der Waals surface area contributed by atoms with Crippen LogP contribution in [0.3, 0.4) is 0 Å². The third-order valence-electron chi connectivity index (χ3n) is 2.58. The van der Waals surface area contributed by atoms with E-state index in [2.05, 4.69) is 11.9 Å². The summed E-state index contributed by atoms with van der Waals surface area (Å²) in [6.45, 7) is 2.08. The second-order valence-electron chi connectivity index (χ2n) is 3.78. The molecule has 0 bridgehead atoms. The number of benzene rings is 1. The molecule has 0 spiro atoms. The highest BCUT2D eigenvalue weighted by Gasteiger charge is 2.09. The molecule has 2 rings (SSSR count). The van der Waals surface area contributed by atoms with E-state index in [4.69, 9.17) is 22.7 Å². The molecule has 92 valence electrons. The normalized spacial score (nSPS) is 10.1. The number of rotatable bonds is 4. The molecule has 0 aliphatic heterocycles. The molecule has 3 nitrogen and oxygen atoms in total. The van der Waals surface area contributed by atoms with Crippen molar-refractivity contribution in [2.24, 2.45) is 5.73 Å². The van der Waals surface area contributed by atoms with E-state index in [0.717, 1.165) is 17.7 Å². The average Bonchev–Trinajstić information content (AvgIpc) is 2.40. The Morgan fingerprint density at radius 3 is 2.67 bits per heavy atom. The summed E-state index contributed by atoms with van der Waals surface area (Å²) < 4.78 is 5.86. The molecular weight excluding hydrogens is 244 g/mol. The minimum absolute atomic E-state index is 0.236. The molecule has 1 aromatic carbocycles. The van der Waals surface area contributed by atoms with Gasteiger partial charge in [0.2, 0.25) is 0 Å². The van der Waals surface area contributed by atoms with Crippen molar-refractivity contribution in [3.63, 3.8) is 0 Å². The van der Waals surface area contributed by atoms with Crippen LogP contribution in [0.4, 0.5) is 0 Å². The lowest BCUT2D eigenvalue weighted by Crippen LogP contribution is -2.12. The van der Waals surface area contributed by atoms with Gasteiger partial charge >= 0.3 is 0 Å². The van der Waals surface area contributed by atoms with Gasteiger partial charge in [0.15, 0.2) is 5.75 Å². The number of aryl methyl sites for hydroxylation is 1. The van der Waals surface area contributed by atoms with E-state index in [-0.39, 0.29) is 4.99 Å². The molecule has 18 heavy (non-hydrogen) atoms. The summed E-state index contributed by atoms with van der Waals surface area (Å²) in [4.78, 5) is 4.37. The topological polar surface area (TPSA) is 48.1 Å². The lowest BCUT2D eigenvalue weighted by Gasteiger charge is -2.12. The number of pyridine rings is 1. The minimum Gasteiger partial charge on any atom is -0.455 e. The van der Waals surface area contributed by atoms with Crippen molar-refractivity contribution >= 4 is 17.2 Å². The van der Waals surface area contributed by atoms with Crippen LogP contribution in [-0.2, 0) is 6.42 Å². The van der Waals surface area contributed by atoms with Gasteiger partial charge in [-0.2, -0.15) is 0 Å². The van der Waals surface area contributed by atoms with Crippen LogP contribution in [0.15, 0.2) is 42.6 Å². The van der Waals surface area contributed by atoms with Crippen LogP contribution in [0.1, 0.15) is 18.2 Å². The van der Waals surface area contributed by atoms with Crippen molar-refractivity contribution in [2.45, 2.75) is 13.3 Å². The fourth-order valence-corrected chi connectivity index (χ4v) is 1.83. The Morgan fingerprint density at radius 1 is 1.22 bits per heavy atom. The molecule has 0 saturated carbocycles. The molecule has 2 N–H and O–H groups in total. The number of nitrogens with zero attached hydrogens (tertiary/aromatic N) is 1. The minimum atomic E-state index is 0.236. The SMILES string of the molecule is CCc1ccccc1Oc1cccnc1C(N)=S. The highest BCUT2D eigenvalue weighted by atomic mass is 32.1. The van der Waals surface area contributed by atoms with Gasteiger partial charge in [-0.25, -0.2) is 4.98 Å². The van der Waals surface area contributed by atoms with E-state index in [1.165, 1.54) is 0 Å². The van der Waals surface area contributed by atoms with Gasteiger partial charge < -0.3 is 10.5 Å². The summed E-state index contributed by atoms with van der Waals surface area (Å²) in [5, 5.41) is 0. The highest BCUT2D eigenvalue weighted by Crippen LogP contribution is 2.27. The van der Waals surface area contributed by atoms with Crippen LogP contribution in [0, 0.1) is 0 Å². The molecule has 0 unspecified atom stereocenters. The zero-order valence-electron chi connectivity index (χ0n) is 10.1.